The van der Waals surface area contributed by atoms with E-state index in [1.54, 1.807) is 24.7 Å². The Morgan fingerprint density at radius 2 is 2.00 bits per heavy atom. The molecule has 0 fully saturated rings. The Hall–Kier alpha value is -2.23. The van der Waals surface area contributed by atoms with Crippen LogP contribution in [0, 0.1) is 6.92 Å². The molecule has 1 N–H and O–H groups in total. The van der Waals surface area contributed by atoms with Crippen molar-refractivity contribution < 1.29 is 4.79 Å². The number of carbonyl (C=O) groups excluding carboxylic acids is 1. The van der Waals surface area contributed by atoms with E-state index in [0.717, 1.165) is 11.1 Å². The van der Waals surface area contributed by atoms with Crippen molar-refractivity contribution in [3.8, 4) is 0 Å². The van der Waals surface area contributed by atoms with Crippen LogP contribution in [-0.4, -0.2) is 15.9 Å². The predicted molar refractivity (Wildman–Crippen MR) is 70.2 cm³/mol. The van der Waals surface area contributed by atoms with Crippen molar-refractivity contribution in [2.24, 2.45) is 0 Å². The summed E-state index contributed by atoms with van der Waals surface area (Å²) in [4.78, 5) is 19.8. The van der Waals surface area contributed by atoms with Gasteiger partial charge in [-0.3, -0.25) is 9.78 Å². The molecule has 2 rings (SSSR count). The molecule has 0 unspecified atom stereocenters. The Morgan fingerprint density at radius 3 is 2.67 bits per heavy atom. The highest BCUT2D eigenvalue weighted by molar-refractivity contribution is 5.89. The van der Waals surface area contributed by atoms with Crippen LogP contribution in [-0.2, 0) is 11.2 Å². The van der Waals surface area contributed by atoms with E-state index in [4.69, 9.17) is 0 Å². The summed E-state index contributed by atoms with van der Waals surface area (Å²) in [5.74, 6) is 0.573. The van der Waals surface area contributed by atoms with Gasteiger partial charge < -0.3 is 5.32 Å². The SMILES string of the molecule is Cc1ccc(NC(=O)CCc2ccncc2)nc1. The molecule has 2 aromatic heterocycles. The van der Waals surface area contributed by atoms with Crippen molar-refractivity contribution in [3.63, 3.8) is 0 Å². The quantitative estimate of drug-likeness (QED) is 0.894. The van der Waals surface area contributed by atoms with E-state index in [9.17, 15) is 4.79 Å². The second-order valence-electron chi connectivity index (χ2n) is 4.12. The minimum Gasteiger partial charge on any atom is -0.311 e. The zero-order valence-corrected chi connectivity index (χ0v) is 10.3. The molecule has 0 atom stereocenters. The van der Waals surface area contributed by atoms with Crippen LogP contribution < -0.4 is 5.32 Å². The van der Waals surface area contributed by atoms with Crippen LogP contribution in [0.3, 0.4) is 0 Å². The van der Waals surface area contributed by atoms with Gasteiger partial charge in [0.25, 0.3) is 0 Å². The minimum absolute atomic E-state index is 0.0248. The highest BCUT2D eigenvalue weighted by Gasteiger charge is 2.03. The van der Waals surface area contributed by atoms with Crippen molar-refractivity contribution in [2.45, 2.75) is 19.8 Å². The first-order chi connectivity index (χ1) is 8.74. The fourth-order valence-electron chi connectivity index (χ4n) is 1.55. The third-order valence-electron chi connectivity index (χ3n) is 2.57. The van der Waals surface area contributed by atoms with Crippen LogP contribution in [0.1, 0.15) is 17.5 Å². The van der Waals surface area contributed by atoms with Crippen LogP contribution in [0.2, 0.25) is 0 Å². The third-order valence-corrected chi connectivity index (χ3v) is 2.57. The van der Waals surface area contributed by atoms with Crippen molar-refractivity contribution in [1.82, 2.24) is 9.97 Å². The number of nitrogens with one attached hydrogen (secondary N) is 1. The number of aromatic nitrogens is 2. The number of hydrogen-bond donors (Lipinski definition) is 1. The van der Waals surface area contributed by atoms with Crippen LogP contribution in [0.5, 0.6) is 0 Å². The Morgan fingerprint density at radius 1 is 1.22 bits per heavy atom. The van der Waals surface area contributed by atoms with E-state index in [0.29, 0.717) is 18.7 Å². The topological polar surface area (TPSA) is 54.9 Å². The number of anilines is 1. The normalized spacial score (nSPS) is 10.1. The number of pyridine rings is 2. The molecule has 4 heteroatoms. The van der Waals surface area contributed by atoms with Gasteiger partial charge in [0.1, 0.15) is 5.82 Å². The molecular weight excluding hydrogens is 226 g/mol. The average molecular weight is 241 g/mol. The maximum absolute atomic E-state index is 11.7. The van der Waals surface area contributed by atoms with Gasteiger partial charge in [0.15, 0.2) is 0 Å². The summed E-state index contributed by atoms with van der Waals surface area (Å²) < 4.78 is 0. The van der Waals surface area contributed by atoms with Crippen molar-refractivity contribution in [2.75, 3.05) is 5.32 Å². The van der Waals surface area contributed by atoms with E-state index in [1.807, 2.05) is 25.1 Å². The lowest BCUT2D eigenvalue weighted by atomic mass is 10.1. The first-order valence-corrected chi connectivity index (χ1v) is 5.85. The fraction of sp³-hybridized carbons (Fsp3) is 0.214. The monoisotopic (exact) mass is 241 g/mol. The molecular formula is C14H15N3O. The van der Waals surface area contributed by atoms with E-state index < -0.39 is 0 Å². The summed E-state index contributed by atoms with van der Waals surface area (Å²) in [5, 5.41) is 2.77. The molecule has 1 amide bonds. The molecule has 18 heavy (non-hydrogen) atoms. The highest BCUT2D eigenvalue weighted by Crippen LogP contribution is 2.06. The van der Waals surface area contributed by atoms with Crippen LogP contribution in [0.25, 0.3) is 0 Å². The van der Waals surface area contributed by atoms with Gasteiger partial charge in [-0.15, -0.1) is 0 Å². The van der Waals surface area contributed by atoms with Crippen LogP contribution >= 0.6 is 0 Å². The molecule has 2 aromatic rings. The molecule has 0 aliphatic carbocycles. The molecule has 0 aliphatic rings. The summed E-state index contributed by atoms with van der Waals surface area (Å²) in [5.41, 5.74) is 2.18. The van der Waals surface area contributed by atoms with E-state index in [1.165, 1.54) is 0 Å². The molecule has 0 radical (unpaired) electrons. The molecule has 0 aromatic carbocycles. The second-order valence-corrected chi connectivity index (χ2v) is 4.12. The molecule has 4 nitrogen and oxygen atoms in total. The van der Waals surface area contributed by atoms with E-state index >= 15 is 0 Å². The van der Waals surface area contributed by atoms with Crippen molar-refractivity contribution in [1.29, 1.82) is 0 Å². The zero-order chi connectivity index (χ0) is 12.8. The molecule has 0 saturated heterocycles. The van der Waals surface area contributed by atoms with Crippen LogP contribution in [0.15, 0.2) is 42.9 Å². The van der Waals surface area contributed by atoms with Crippen LogP contribution in [0.4, 0.5) is 5.82 Å². The number of aryl methyl sites for hydroxylation is 2. The number of hydrogen-bond acceptors (Lipinski definition) is 3. The standard InChI is InChI=1S/C14H15N3O/c1-11-2-4-13(16-10-11)17-14(18)5-3-12-6-8-15-9-7-12/h2,4,6-10H,3,5H2,1H3,(H,16,17,18). The number of nitrogens with zero attached hydrogens (tertiary/aromatic N) is 2. The Labute approximate surface area is 106 Å². The Bertz CT molecular complexity index is 508. The van der Waals surface area contributed by atoms with E-state index in [-0.39, 0.29) is 5.91 Å². The Balaban J connectivity index is 1.84. The molecule has 92 valence electrons. The molecule has 0 saturated carbocycles. The minimum atomic E-state index is -0.0248. The summed E-state index contributed by atoms with van der Waals surface area (Å²) in [7, 11) is 0. The fourth-order valence-corrected chi connectivity index (χ4v) is 1.55. The lowest BCUT2D eigenvalue weighted by Gasteiger charge is -2.04. The molecule has 2 heterocycles. The van der Waals surface area contributed by atoms with Gasteiger partial charge in [-0.1, -0.05) is 6.07 Å². The maximum Gasteiger partial charge on any atom is 0.225 e. The van der Waals surface area contributed by atoms with Gasteiger partial charge in [-0.05, 0) is 42.7 Å². The summed E-state index contributed by atoms with van der Waals surface area (Å²) >= 11 is 0. The maximum atomic E-state index is 11.7. The first kappa shape index (κ1) is 12.2. The lowest BCUT2D eigenvalue weighted by molar-refractivity contribution is -0.116. The number of carbonyl (C=O) groups is 1. The van der Waals surface area contributed by atoms with Gasteiger partial charge in [0, 0.05) is 25.0 Å². The third kappa shape index (κ3) is 3.66. The molecule has 0 aliphatic heterocycles. The summed E-state index contributed by atoms with van der Waals surface area (Å²) in [6.07, 6.45) is 6.35. The predicted octanol–water partition coefficient (Wildman–Crippen LogP) is 2.36. The second kappa shape index (κ2) is 5.91. The smallest absolute Gasteiger partial charge is 0.225 e. The van der Waals surface area contributed by atoms with E-state index in [2.05, 4.69) is 15.3 Å². The lowest BCUT2D eigenvalue weighted by Crippen LogP contribution is -2.13. The molecule has 0 bridgehead atoms. The number of amides is 1. The largest absolute Gasteiger partial charge is 0.311 e. The van der Waals surface area contributed by atoms with Gasteiger partial charge >= 0.3 is 0 Å². The van der Waals surface area contributed by atoms with Crippen molar-refractivity contribution >= 4 is 11.7 Å². The van der Waals surface area contributed by atoms with Gasteiger partial charge in [0.2, 0.25) is 5.91 Å². The van der Waals surface area contributed by atoms with Gasteiger partial charge in [0.05, 0.1) is 0 Å². The van der Waals surface area contributed by atoms with Crippen molar-refractivity contribution in [3.05, 3.63) is 54.0 Å². The number of rotatable bonds is 4. The molecule has 0 spiro atoms. The first-order valence-electron chi connectivity index (χ1n) is 5.85. The summed E-state index contributed by atoms with van der Waals surface area (Å²) in [6, 6.07) is 7.56. The van der Waals surface area contributed by atoms with Gasteiger partial charge in [-0.25, -0.2) is 4.98 Å². The zero-order valence-electron chi connectivity index (χ0n) is 10.3. The Kier molecular flexibility index (Phi) is 4.02. The average Bonchev–Trinajstić information content (AvgIpc) is 2.40. The highest BCUT2D eigenvalue weighted by atomic mass is 16.1. The van der Waals surface area contributed by atoms with Gasteiger partial charge in [-0.2, -0.15) is 0 Å². The summed E-state index contributed by atoms with van der Waals surface area (Å²) in [6.45, 7) is 1.96.